The van der Waals surface area contributed by atoms with Crippen molar-refractivity contribution in [2.45, 2.75) is 65.8 Å². The lowest BCUT2D eigenvalue weighted by Gasteiger charge is -2.41. The van der Waals surface area contributed by atoms with E-state index in [1.165, 1.54) is 46.2 Å². The molecule has 2 heteroatoms. The molecule has 0 spiro atoms. The van der Waals surface area contributed by atoms with E-state index in [0.717, 1.165) is 29.9 Å². The number of nitrogens with one attached hydrogen (secondary N) is 1. The van der Waals surface area contributed by atoms with Crippen LogP contribution >= 0.6 is 0 Å². The average molecular weight is 411 g/mol. The largest absolute Gasteiger partial charge is 0.369 e. The summed E-state index contributed by atoms with van der Waals surface area (Å²) >= 11 is 0. The predicted molar refractivity (Wildman–Crippen MR) is 134 cm³/mol. The van der Waals surface area contributed by atoms with Gasteiger partial charge in [0, 0.05) is 0 Å². The van der Waals surface area contributed by atoms with Gasteiger partial charge in [0.1, 0.15) is 5.54 Å². The highest BCUT2D eigenvalue weighted by atomic mass is 15.1. The first-order valence-corrected chi connectivity index (χ1v) is 11.6. The summed E-state index contributed by atoms with van der Waals surface area (Å²) in [5.74, 6) is 0. The van der Waals surface area contributed by atoms with Gasteiger partial charge in [0.25, 0.3) is 0 Å². The van der Waals surface area contributed by atoms with E-state index in [2.05, 4.69) is 101 Å². The van der Waals surface area contributed by atoms with Crippen molar-refractivity contribution in [3.63, 3.8) is 0 Å². The van der Waals surface area contributed by atoms with E-state index in [9.17, 15) is 0 Å². The third kappa shape index (κ3) is 4.17. The van der Waals surface area contributed by atoms with Crippen molar-refractivity contribution in [3.05, 3.63) is 94.0 Å². The SMILES string of the molecule is CCCCCC1(c2ccc(C)cc2)Nc2cc(C)c(C)cc2N=C1c1ccc(C)cc1. The summed E-state index contributed by atoms with van der Waals surface area (Å²) in [7, 11) is 0. The molecule has 3 aromatic rings. The van der Waals surface area contributed by atoms with Crippen LogP contribution in [0.2, 0.25) is 0 Å². The van der Waals surface area contributed by atoms with E-state index < -0.39 is 0 Å². The molecule has 4 rings (SSSR count). The summed E-state index contributed by atoms with van der Waals surface area (Å²) in [6, 6.07) is 22.3. The lowest BCUT2D eigenvalue weighted by atomic mass is 9.76. The maximum atomic E-state index is 5.33. The van der Waals surface area contributed by atoms with E-state index in [0.29, 0.717) is 0 Å². The minimum absolute atomic E-state index is 0.340. The lowest BCUT2D eigenvalue weighted by molar-refractivity contribution is 0.536. The molecular formula is C29H34N2. The number of anilines is 1. The first-order chi connectivity index (χ1) is 14.9. The molecule has 0 aliphatic carbocycles. The van der Waals surface area contributed by atoms with Crippen molar-refractivity contribution in [3.8, 4) is 0 Å². The zero-order valence-corrected chi connectivity index (χ0v) is 19.5. The van der Waals surface area contributed by atoms with E-state index in [1.807, 2.05) is 0 Å². The van der Waals surface area contributed by atoms with Gasteiger partial charge in [0.15, 0.2) is 0 Å². The molecule has 1 atom stereocenters. The van der Waals surface area contributed by atoms with E-state index in [-0.39, 0.29) is 5.54 Å². The highest BCUT2D eigenvalue weighted by Crippen LogP contribution is 2.44. The molecular weight excluding hydrogens is 376 g/mol. The molecule has 1 heterocycles. The lowest BCUT2D eigenvalue weighted by Crippen LogP contribution is -2.45. The van der Waals surface area contributed by atoms with Crippen molar-refractivity contribution >= 4 is 17.1 Å². The molecule has 1 aliphatic rings. The van der Waals surface area contributed by atoms with E-state index in [1.54, 1.807) is 0 Å². The van der Waals surface area contributed by atoms with Crippen LogP contribution in [-0.2, 0) is 5.54 Å². The van der Waals surface area contributed by atoms with Crippen LogP contribution in [0.1, 0.15) is 66.0 Å². The number of unbranched alkanes of at least 4 members (excludes halogenated alkanes) is 2. The number of aryl methyl sites for hydroxylation is 4. The predicted octanol–water partition coefficient (Wildman–Crippen LogP) is 7.94. The maximum absolute atomic E-state index is 5.33. The van der Waals surface area contributed by atoms with Crippen LogP contribution in [0.5, 0.6) is 0 Å². The highest BCUT2D eigenvalue weighted by molar-refractivity contribution is 6.13. The van der Waals surface area contributed by atoms with Crippen LogP contribution in [0.3, 0.4) is 0 Å². The summed E-state index contributed by atoms with van der Waals surface area (Å²) in [6.07, 6.45) is 4.59. The van der Waals surface area contributed by atoms with Crippen LogP contribution in [-0.4, -0.2) is 5.71 Å². The zero-order chi connectivity index (χ0) is 22.0. The van der Waals surface area contributed by atoms with Gasteiger partial charge in [-0.2, -0.15) is 0 Å². The van der Waals surface area contributed by atoms with Gasteiger partial charge < -0.3 is 5.32 Å². The molecule has 31 heavy (non-hydrogen) atoms. The van der Waals surface area contributed by atoms with E-state index >= 15 is 0 Å². The van der Waals surface area contributed by atoms with Gasteiger partial charge in [-0.3, -0.25) is 0 Å². The second kappa shape index (κ2) is 8.70. The number of nitrogens with zero attached hydrogens (tertiary/aromatic N) is 1. The summed E-state index contributed by atoms with van der Waals surface area (Å²) in [4.78, 5) is 5.33. The van der Waals surface area contributed by atoms with Crippen LogP contribution in [0.25, 0.3) is 0 Å². The summed E-state index contributed by atoms with van der Waals surface area (Å²) < 4.78 is 0. The molecule has 0 saturated carbocycles. The molecule has 1 aliphatic heterocycles. The number of benzene rings is 3. The van der Waals surface area contributed by atoms with Gasteiger partial charge in [0.2, 0.25) is 0 Å². The Morgan fingerprint density at radius 3 is 2.03 bits per heavy atom. The molecule has 0 bridgehead atoms. The molecule has 3 aromatic carbocycles. The first-order valence-electron chi connectivity index (χ1n) is 11.6. The second-order valence-corrected chi connectivity index (χ2v) is 9.13. The number of fused-ring (bicyclic) bond motifs is 1. The molecule has 1 N–H and O–H groups in total. The van der Waals surface area contributed by atoms with Gasteiger partial charge >= 0.3 is 0 Å². The van der Waals surface area contributed by atoms with Gasteiger partial charge in [-0.1, -0.05) is 85.8 Å². The fourth-order valence-corrected chi connectivity index (χ4v) is 4.53. The van der Waals surface area contributed by atoms with Crippen molar-refractivity contribution in [1.82, 2.24) is 0 Å². The van der Waals surface area contributed by atoms with Gasteiger partial charge in [-0.05, 0) is 68.5 Å². The number of aliphatic imine (C=N–C) groups is 1. The first kappa shape index (κ1) is 21.4. The monoisotopic (exact) mass is 410 g/mol. The molecule has 0 radical (unpaired) electrons. The molecule has 0 saturated heterocycles. The van der Waals surface area contributed by atoms with Crippen LogP contribution in [0.15, 0.2) is 65.7 Å². The van der Waals surface area contributed by atoms with Gasteiger partial charge in [-0.25, -0.2) is 4.99 Å². The maximum Gasteiger partial charge on any atom is 0.106 e. The Morgan fingerprint density at radius 2 is 1.39 bits per heavy atom. The fraction of sp³-hybridized carbons (Fsp3) is 0.345. The Hall–Kier alpha value is -2.87. The summed E-state index contributed by atoms with van der Waals surface area (Å²) in [5.41, 5.74) is 10.6. The molecule has 2 nitrogen and oxygen atoms in total. The third-order valence-electron chi connectivity index (χ3n) is 6.62. The molecule has 0 fully saturated rings. The van der Waals surface area contributed by atoms with Crippen molar-refractivity contribution < 1.29 is 0 Å². The Kier molecular flexibility index (Phi) is 6.00. The standard InChI is InChI=1S/C29H34N2/c1-6-7-8-17-29(25-15-11-21(3)12-16-25)28(24-13-9-20(2)10-14-24)30-26-18-22(4)23(5)19-27(26)31-29/h9-16,18-19,31H,6-8,17H2,1-5H3. The van der Waals surface area contributed by atoms with Gasteiger partial charge in [0.05, 0.1) is 17.1 Å². The van der Waals surface area contributed by atoms with Crippen molar-refractivity contribution in [2.24, 2.45) is 4.99 Å². The minimum Gasteiger partial charge on any atom is -0.369 e. The zero-order valence-electron chi connectivity index (χ0n) is 19.5. The van der Waals surface area contributed by atoms with Crippen LogP contribution in [0.4, 0.5) is 11.4 Å². The molecule has 0 aromatic heterocycles. The Bertz CT molecular complexity index is 1090. The molecule has 160 valence electrons. The Morgan fingerprint density at radius 1 is 0.774 bits per heavy atom. The average Bonchev–Trinajstić information content (AvgIpc) is 2.76. The number of rotatable bonds is 6. The number of hydrogen-bond acceptors (Lipinski definition) is 2. The van der Waals surface area contributed by atoms with E-state index in [4.69, 9.17) is 4.99 Å². The third-order valence-corrected chi connectivity index (χ3v) is 6.62. The van der Waals surface area contributed by atoms with Crippen LogP contribution < -0.4 is 5.32 Å². The molecule has 1 unspecified atom stereocenters. The summed E-state index contributed by atoms with van der Waals surface area (Å²) in [6.45, 7) is 10.9. The van der Waals surface area contributed by atoms with Crippen molar-refractivity contribution in [1.29, 1.82) is 0 Å². The highest BCUT2D eigenvalue weighted by Gasteiger charge is 2.41. The van der Waals surface area contributed by atoms with Gasteiger partial charge in [-0.15, -0.1) is 0 Å². The second-order valence-electron chi connectivity index (χ2n) is 9.13. The number of hydrogen-bond donors (Lipinski definition) is 1. The topological polar surface area (TPSA) is 24.4 Å². The Labute approximate surface area is 187 Å². The minimum atomic E-state index is -0.340. The van der Waals surface area contributed by atoms with Crippen LogP contribution in [0, 0.1) is 27.7 Å². The molecule has 0 amide bonds. The fourth-order valence-electron chi connectivity index (χ4n) is 4.53. The Balaban J connectivity index is 1.95. The quantitative estimate of drug-likeness (QED) is 0.410. The van der Waals surface area contributed by atoms with Crippen molar-refractivity contribution in [2.75, 3.05) is 5.32 Å². The smallest absolute Gasteiger partial charge is 0.106 e. The normalized spacial score (nSPS) is 17.6. The summed E-state index contributed by atoms with van der Waals surface area (Å²) in [5, 5.41) is 4.01.